The third-order valence-corrected chi connectivity index (χ3v) is 2.56. The van der Waals surface area contributed by atoms with E-state index >= 15 is 0 Å². The van der Waals surface area contributed by atoms with Crippen LogP contribution in [-0.2, 0) is 6.54 Å². The predicted octanol–water partition coefficient (Wildman–Crippen LogP) is 0.108. The number of amides is 1. The summed E-state index contributed by atoms with van der Waals surface area (Å²) in [6, 6.07) is 2.78. The second kappa shape index (κ2) is 6.90. The van der Waals surface area contributed by atoms with Crippen molar-refractivity contribution in [3.05, 3.63) is 28.2 Å². The van der Waals surface area contributed by atoms with E-state index in [9.17, 15) is 9.59 Å². The topological polar surface area (TPSA) is 75.4 Å². The van der Waals surface area contributed by atoms with Crippen molar-refractivity contribution < 1.29 is 9.90 Å². The zero-order valence-electron chi connectivity index (χ0n) is 10.8. The molecule has 1 aromatic heterocycles. The molecular formula is C12H19N3O3. The highest BCUT2D eigenvalue weighted by Crippen LogP contribution is 2.00. The minimum atomic E-state index is -0.267. The van der Waals surface area contributed by atoms with Gasteiger partial charge >= 0.3 is 0 Å². The Kier molecular flexibility index (Phi) is 5.51. The fourth-order valence-corrected chi connectivity index (χ4v) is 1.62. The highest BCUT2D eigenvalue weighted by molar-refractivity contribution is 5.92. The largest absolute Gasteiger partial charge is 0.395 e. The van der Waals surface area contributed by atoms with Crippen molar-refractivity contribution in [3.8, 4) is 0 Å². The van der Waals surface area contributed by atoms with Gasteiger partial charge in [0.25, 0.3) is 11.5 Å². The van der Waals surface area contributed by atoms with Crippen LogP contribution in [-0.4, -0.2) is 45.4 Å². The maximum atomic E-state index is 12.1. The summed E-state index contributed by atoms with van der Waals surface area (Å²) in [4.78, 5) is 25.0. The van der Waals surface area contributed by atoms with Gasteiger partial charge in [0.2, 0.25) is 0 Å². The molecule has 0 radical (unpaired) electrons. The first-order chi connectivity index (χ1) is 8.63. The second-order valence-electron chi connectivity index (χ2n) is 3.89. The quantitative estimate of drug-likeness (QED) is 0.780. The number of carbonyl (C=O) groups excluding carboxylic acids is 1. The monoisotopic (exact) mass is 253 g/mol. The van der Waals surface area contributed by atoms with Gasteiger partial charge in [0, 0.05) is 25.7 Å². The standard InChI is InChI=1S/C12H19N3O3/c1-3-7-15-11(17)6-5-10(13-15)12(18)14(4-2)8-9-16/h5-6,16H,3-4,7-9H2,1-2H3. The molecule has 0 aromatic carbocycles. The van der Waals surface area contributed by atoms with E-state index in [2.05, 4.69) is 5.10 Å². The molecule has 0 saturated carbocycles. The van der Waals surface area contributed by atoms with Crippen LogP contribution in [0.5, 0.6) is 0 Å². The Morgan fingerprint density at radius 3 is 2.72 bits per heavy atom. The molecule has 0 bridgehead atoms. The van der Waals surface area contributed by atoms with Crippen molar-refractivity contribution >= 4 is 5.91 Å². The average molecular weight is 253 g/mol. The summed E-state index contributed by atoms with van der Waals surface area (Å²) in [5.41, 5.74) is 0.0250. The van der Waals surface area contributed by atoms with Gasteiger partial charge in [-0.25, -0.2) is 4.68 Å². The van der Waals surface area contributed by atoms with E-state index in [-0.39, 0.29) is 30.3 Å². The lowest BCUT2D eigenvalue weighted by atomic mass is 10.3. The number of nitrogens with zero attached hydrogens (tertiary/aromatic N) is 3. The van der Waals surface area contributed by atoms with Gasteiger partial charge in [-0.3, -0.25) is 9.59 Å². The minimum absolute atomic E-state index is 0.0891. The SMILES string of the molecule is CCCn1nc(C(=O)N(CC)CCO)ccc1=O. The first kappa shape index (κ1) is 14.4. The minimum Gasteiger partial charge on any atom is -0.395 e. The molecule has 1 N–H and O–H groups in total. The number of likely N-dealkylation sites (N-methyl/N-ethyl adjacent to an activating group) is 1. The van der Waals surface area contributed by atoms with Crippen LogP contribution in [0.1, 0.15) is 30.8 Å². The van der Waals surface area contributed by atoms with Crippen molar-refractivity contribution in [1.82, 2.24) is 14.7 Å². The fourth-order valence-electron chi connectivity index (χ4n) is 1.62. The Morgan fingerprint density at radius 1 is 1.44 bits per heavy atom. The molecule has 0 unspecified atom stereocenters. The lowest BCUT2D eigenvalue weighted by molar-refractivity contribution is 0.0723. The van der Waals surface area contributed by atoms with E-state index < -0.39 is 0 Å². The molecule has 0 spiro atoms. The Hall–Kier alpha value is -1.69. The van der Waals surface area contributed by atoms with E-state index in [1.807, 2.05) is 13.8 Å². The summed E-state index contributed by atoms with van der Waals surface area (Å²) in [6.45, 7) is 4.93. The number of hydrogen-bond acceptors (Lipinski definition) is 4. The third kappa shape index (κ3) is 3.40. The summed E-state index contributed by atoms with van der Waals surface area (Å²) >= 11 is 0. The molecule has 0 atom stereocenters. The summed E-state index contributed by atoms with van der Waals surface area (Å²) in [6.07, 6.45) is 0.776. The smallest absolute Gasteiger partial charge is 0.274 e. The van der Waals surface area contributed by atoms with Gasteiger partial charge in [-0.15, -0.1) is 0 Å². The zero-order chi connectivity index (χ0) is 13.5. The average Bonchev–Trinajstić information content (AvgIpc) is 2.38. The van der Waals surface area contributed by atoms with Crippen molar-refractivity contribution in [2.24, 2.45) is 0 Å². The van der Waals surface area contributed by atoms with Crippen molar-refractivity contribution in [2.75, 3.05) is 19.7 Å². The molecule has 0 fully saturated rings. The van der Waals surface area contributed by atoms with Crippen LogP contribution in [0.4, 0.5) is 0 Å². The maximum Gasteiger partial charge on any atom is 0.274 e. The molecule has 6 nitrogen and oxygen atoms in total. The van der Waals surface area contributed by atoms with Crippen LogP contribution < -0.4 is 5.56 Å². The number of hydrogen-bond donors (Lipinski definition) is 1. The number of aromatic nitrogens is 2. The maximum absolute atomic E-state index is 12.1. The summed E-state index contributed by atoms with van der Waals surface area (Å²) < 4.78 is 1.29. The van der Waals surface area contributed by atoms with Crippen LogP contribution in [0.15, 0.2) is 16.9 Å². The number of aryl methyl sites for hydroxylation is 1. The van der Waals surface area contributed by atoms with Crippen LogP contribution >= 0.6 is 0 Å². The number of carbonyl (C=O) groups is 1. The highest BCUT2D eigenvalue weighted by atomic mass is 16.3. The van der Waals surface area contributed by atoms with Gasteiger partial charge < -0.3 is 10.0 Å². The molecule has 6 heteroatoms. The zero-order valence-corrected chi connectivity index (χ0v) is 10.8. The highest BCUT2D eigenvalue weighted by Gasteiger charge is 2.15. The van der Waals surface area contributed by atoms with Crippen molar-refractivity contribution in [1.29, 1.82) is 0 Å². The molecule has 0 aliphatic carbocycles. The van der Waals surface area contributed by atoms with Gasteiger partial charge in [-0.1, -0.05) is 6.92 Å². The Labute approximate surface area is 106 Å². The van der Waals surface area contributed by atoms with E-state index in [0.717, 1.165) is 6.42 Å². The van der Waals surface area contributed by atoms with Gasteiger partial charge in [0.15, 0.2) is 0 Å². The van der Waals surface area contributed by atoms with Crippen LogP contribution in [0.25, 0.3) is 0 Å². The molecule has 1 amide bonds. The lowest BCUT2D eigenvalue weighted by Crippen LogP contribution is -2.35. The predicted molar refractivity (Wildman–Crippen MR) is 67.5 cm³/mol. The Morgan fingerprint density at radius 2 is 2.17 bits per heavy atom. The van der Waals surface area contributed by atoms with Crippen LogP contribution in [0, 0.1) is 0 Å². The molecule has 0 saturated heterocycles. The first-order valence-electron chi connectivity index (χ1n) is 6.12. The van der Waals surface area contributed by atoms with Crippen LogP contribution in [0.3, 0.4) is 0 Å². The number of aliphatic hydroxyl groups excluding tert-OH is 1. The second-order valence-corrected chi connectivity index (χ2v) is 3.89. The third-order valence-electron chi connectivity index (χ3n) is 2.56. The Bertz CT molecular complexity index is 456. The van der Waals surface area contributed by atoms with E-state index in [1.54, 1.807) is 0 Å². The van der Waals surface area contributed by atoms with E-state index in [0.29, 0.717) is 13.1 Å². The summed E-state index contributed by atoms with van der Waals surface area (Å²) in [7, 11) is 0. The van der Waals surface area contributed by atoms with Crippen LogP contribution in [0.2, 0.25) is 0 Å². The van der Waals surface area contributed by atoms with Gasteiger partial charge in [0.1, 0.15) is 5.69 Å². The molecular weight excluding hydrogens is 234 g/mol. The molecule has 1 rings (SSSR count). The van der Waals surface area contributed by atoms with Crippen molar-refractivity contribution in [3.63, 3.8) is 0 Å². The molecule has 1 aromatic rings. The van der Waals surface area contributed by atoms with Gasteiger partial charge in [-0.2, -0.15) is 5.10 Å². The molecule has 100 valence electrons. The van der Waals surface area contributed by atoms with Gasteiger partial charge in [-0.05, 0) is 19.4 Å². The molecule has 1 heterocycles. The fraction of sp³-hybridized carbons (Fsp3) is 0.583. The molecule has 0 aliphatic rings. The van der Waals surface area contributed by atoms with E-state index in [1.165, 1.54) is 21.7 Å². The number of aliphatic hydroxyl groups is 1. The molecule has 18 heavy (non-hydrogen) atoms. The van der Waals surface area contributed by atoms with Crippen molar-refractivity contribution in [2.45, 2.75) is 26.8 Å². The lowest BCUT2D eigenvalue weighted by Gasteiger charge is -2.19. The first-order valence-corrected chi connectivity index (χ1v) is 6.12. The summed E-state index contributed by atoms with van der Waals surface area (Å²) in [5.74, 6) is -0.267. The van der Waals surface area contributed by atoms with Gasteiger partial charge in [0.05, 0.1) is 6.61 Å². The molecule has 0 aliphatic heterocycles. The normalized spacial score (nSPS) is 10.4. The number of rotatable bonds is 6. The Balaban J connectivity index is 2.98. The van der Waals surface area contributed by atoms with E-state index in [4.69, 9.17) is 5.11 Å². The summed E-state index contributed by atoms with van der Waals surface area (Å²) in [5, 5.41) is 12.9.